The van der Waals surface area contributed by atoms with E-state index in [4.69, 9.17) is 4.74 Å². The van der Waals surface area contributed by atoms with Crippen molar-refractivity contribution in [1.29, 1.82) is 0 Å². The lowest BCUT2D eigenvalue weighted by Gasteiger charge is -2.29. The smallest absolute Gasteiger partial charge is 0.0791 e. The number of β-amino-alcohol motifs (C(OH)–C–C–N with tert-alkyl or cyclic N) is 1. The van der Waals surface area contributed by atoms with E-state index in [9.17, 15) is 5.11 Å². The zero-order chi connectivity index (χ0) is 12.6. The second-order valence-electron chi connectivity index (χ2n) is 5.38. The molecule has 0 bridgehead atoms. The van der Waals surface area contributed by atoms with Crippen LogP contribution in [0.25, 0.3) is 0 Å². The number of aliphatic hydroxyl groups is 1. The molecule has 104 valence electrons. The fraction of sp³-hybridized carbons (Fsp3) is 0.857. The van der Waals surface area contributed by atoms with E-state index in [1.807, 2.05) is 0 Å². The number of aliphatic hydroxyl groups excluding tert-OH is 1. The number of allylic oxidation sites excluding steroid dienone is 2. The number of rotatable bonds is 6. The van der Waals surface area contributed by atoms with Crippen LogP contribution in [0.1, 0.15) is 19.3 Å². The molecule has 18 heavy (non-hydrogen) atoms. The molecule has 0 aromatic heterocycles. The minimum Gasteiger partial charge on any atom is -0.390 e. The fourth-order valence-electron chi connectivity index (χ4n) is 2.64. The molecule has 0 aromatic carbocycles. The predicted molar refractivity (Wildman–Crippen MR) is 72.6 cm³/mol. The van der Waals surface area contributed by atoms with Gasteiger partial charge in [0.2, 0.25) is 0 Å². The summed E-state index contributed by atoms with van der Waals surface area (Å²) < 4.78 is 5.30. The van der Waals surface area contributed by atoms with Gasteiger partial charge in [0, 0.05) is 26.2 Å². The summed E-state index contributed by atoms with van der Waals surface area (Å²) in [6.45, 7) is 6.00. The molecule has 0 saturated carbocycles. The van der Waals surface area contributed by atoms with Gasteiger partial charge in [-0.25, -0.2) is 0 Å². The van der Waals surface area contributed by atoms with Crippen LogP contribution in [0.2, 0.25) is 0 Å². The summed E-state index contributed by atoms with van der Waals surface area (Å²) in [6.07, 6.45) is 7.96. The Morgan fingerprint density at radius 2 is 2.17 bits per heavy atom. The lowest BCUT2D eigenvalue weighted by atomic mass is 9.94. The van der Waals surface area contributed by atoms with Gasteiger partial charge < -0.3 is 15.2 Å². The van der Waals surface area contributed by atoms with Gasteiger partial charge in [0.15, 0.2) is 0 Å². The Kier molecular flexibility index (Phi) is 6.14. The summed E-state index contributed by atoms with van der Waals surface area (Å²) in [5, 5.41) is 13.4. The van der Waals surface area contributed by atoms with Gasteiger partial charge in [-0.1, -0.05) is 12.2 Å². The van der Waals surface area contributed by atoms with Gasteiger partial charge in [-0.15, -0.1) is 0 Å². The Labute approximate surface area is 110 Å². The Bertz CT molecular complexity index is 252. The van der Waals surface area contributed by atoms with E-state index < -0.39 is 0 Å². The molecular weight excluding hydrogens is 228 g/mol. The third-order valence-electron chi connectivity index (χ3n) is 3.76. The van der Waals surface area contributed by atoms with Crippen molar-refractivity contribution in [2.24, 2.45) is 5.92 Å². The van der Waals surface area contributed by atoms with Crippen LogP contribution in [0.3, 0.4) is 0 Å². The minimum atomic E-state index is -0.262. The summed E-state index contributed by atoms with van der Waals surface area (Å²) >= 11 is 0. The van der Waals surface area contributed by atoms with Crippen LogP contribution >= 0.6 is 0 Å². The molecule has 1 aliphatic carbocycles. The molecule has 1 saturated heterocycles. The third kappa shape index (κ3) is 5.06. The molecule has 0 spiro atoms. The molecule has 1 heterocycles. The van der Waals surface area contributed by atoms with Gasteiger partial charge in [0.05, 0.1) is 19.3 Å². The topological polar surface area (TPSA) is 44.7 Å². The highest BCUT2D eigenvalue weighted by molar-refractivity contribution is 4.90. The molecule has 0 aromatic rings. The first-order valence-electron chi connectivity index (χ1n) is 7.18. The number of ether oxygens (including phenoxy) is 1. The van der Waals surface area contributed by atoms with E-state index in [2.05, 4.69) is 22.4 Å². The summed E-state index contributed by atoms with van der Waals surface area (Å²) in [4.78, 5) is 2.28. The maximum absolute atomic E-state index is 9.97. The van der Waals surface area contributed by atoms with Crippen LogP contribution in [0.5, 0.6) is 0 Å². The summed E-state index contributed by atoms with van der Waals surface area (Å²) in [5.74, 6) is 0.755. The normalized spacial score (nSPS) is 27.3. The lowest BCUT2D eigenvalue weighted by Crippen LogP contribution is -2.44. The first-order chi connectivity index (χ1) is 8.84. The number of nitrogens with one attached hydrogen (secondary N) is 1. The second-order valence-corrected chi connectivity index (χ2v) is 5.38. The van der Waals surface area contributed by atoms with Crippen LogP contribution < -0.4 is 5.32 Å². The zero-order valence-corrected chi connectivity index (χ0v) is 11.2. The summed E-state index contributed by atoms with van der Waals surface area (Å²) in [5.41, 5.74) is 0. The highest BCUT2D eigenvalue weighted by atomic mass is 16.5. The molecule has 0 radical (unpaired) electrons. The quantitative estimate of drug-likeness (QED) is 0.682. The lowest BCUT2D eigenvalue weighted by molar-refractivity contribution is 0.0148. The average Bonchev–Trinajstić information content (AvgIpc) is 2.41. The van der Waals surface area contributed by atoms with Crippen molar-refractivity contribution in [3.8, 4) is 0 Å². The first-order valence-corrected chi connectivity index (χ1v) is 7.18. The van der Waals surface area contributed by atoms with E-state index in [1.54, 1.807) is 0 Å². The molecule has 4 nitrogen and oxygen atoms in total. The van der Waals surface area contributed by atoms with Gasteiger partial charge in [0.1, 0.15) is 0 Å². The molecule has 4 heteroatoms. The molecule has 2 rings (SSSR count). The second kappa shape index (κ2) is 7.89. The van der Waals surface area contributed by atoms with Crippen molar-refractivity contribution in [2.75, 3.05) is 45.9 Å². The molecule has 1 fully saturated rings. The van der Waals surface area contributed by atoms with E-state index in [0.717, 1.165) is 45.3 Å². The average molecular weight is 254 g/mol. The molecule has 2 aliphatic rings. The number of morpholine rings is 1. The summed E-state index contributed by atoms with van der Waals surface area (Å²) in [6, 6.07) is 0. The van der Waals surface area contributed by atoms with Crippen molar-refractivity contribution >= 4 is 0 Å². The van der Waals surface area contributed by atoms with Crippen LogP contribution in [-0.2, 0) is 4.74 Å². The van der Waals surface area contributed by atoms with Gasteiger partial charge in [-0.3, -0.25) is 4.90 Å². The highest BCUT2D eigenvalue weighted by Crippen LogP contribution is 2.16. The highest BCUT2D eigenvalue weighted by Gasteiger charge is 2.15. The predicted octanol–water partition coefficient (Wildman–Crippen LogP) is 0.625. The molecule has 1 aliphatic heterocycles. The zero-order valence-electron chi connectivity index (χ0n) is 11.2. The Morgan fingerprint density at radius 1 is 1.33 bits per heavy atom. The number of hydrogen-bond donors (Lipinski definition) is 2. The largest absolute Gasteiger partial charge is 0.390 e. The summed E-state index contributed by atoms with van der Waals surface area (Å²) in [7, 11) is 0. The van der Waals surface area contributed by atoms with E-state index >= 15 is 0 Å². The van der Waals surface area contributed by atoms with E-state index in [-0.39, 0.29) is 6.10 Å². The fourth-order valence-corrected chi connectivity index (χ4v) is 2.64. The standard InChI is InChI=1S/C14H26N2O2/c17-14(12-16-6-8-18-9-7-16)11-15-10-13-4-2-1-3-5-13/h1-2,13-15,17H,3-12H2. The van der Waals surface area contributed by atoms with Crippen molar-refractivity contribution in [2.45, 2.75) is 25.4 Å². The van der Waals surface area contributed by atoms with Crippen LogP contribution in [0, 0.1) is 5.92 Å². The Hall–Kier alpha value is -0.420. The molecule has 2 atom stereocenters. The van der Waals surface area contributed by atoms with Crippen molar-refractivity contribution < 1.29 is 9.84 Å². The van der Waals surface area contributed by atoms with Crippen LogP contribution in [0.15, 0.2) is 12.2 Å². The molecule has 2 N–H and O–H groups in total. The van der Waals surface area contributed by atoms with Crippen LogP contribution in [0.4, 0.5) is 0 Å². The molecule has 2 unspecified atom stereocenters. The Balaban J connectivity index is 1.53. The first kappa shape index (κ1) is 14.0. The van der Waals surface area contributed by atoms with E-state index in [0.29, 0.717) is 6.54 Å². The van der Waals surface area contributed by atoms with Gasteiger partial charge in [0.25, 0.3) is 0 Å². The van der Waals surface area contributed by atoms with Gasteiger partial charge >= 0.3 is 0 Å². The van der Waals surface area contributed by atoms with Gasteiger partial charge in [-0.2, -0.15) is 0 Å². The SMILES string of the molecule is OC(CNCC1CC=CCC1)CN1CCOCC1. The van der Waals surface area contributed by atoms with Crippen molar-refractivity contribution in [3.05, 3.63) is 12.2 Å². The third-order valence-corrected chi connectivity index (χ3v) is 3.76. The number of nitrogens with zero attached hydrogens (tertiary/aromatic N) is 1. The Morgan fingerprint density at radius 3 is 2.89 bits per heavy atom. The van der Waals surface area contributed by atoms with Crippen molar-refractivity contribution in [1.82, 2.24) is 10.2 Å². The maximum Gasteiger partial charge on any atom is 0.0791 e. The maximum atomic E-state index is 9.97. The molecule has 0 amide bonds. The number of hydrogen-bond acceptors (Lipinski definition) is 4. The van der Waals surface area contributed by atoms with Gasteiger partial charge in [-0.05, 0) is 31.7 Å². The minimum absolute atomic E-state index is 0.262. The molecular formula is C14H26N2O2. The monoisotopic (exact) mass is 254 g/mol. The van der Waals surface area contributed by atoms with E-state index in [1.165, 1.54) is 19.3 Å². The van der Waals surface area contributed by atoms with Crippen molar-refractivity contribution in [3.63, 3.8) is 0 Å². The van der Waals surface area contributed by atoms with Crippen LogP contribution in [-0.4, -0.2) is 62.0 Å².